The second kappa shape index (κ2) is 4.96. The molecule has 0 radical (unpaired) electrons. The maximum atomic E-state index is 4.50. The second-order valence-electron chi connectivity index (χ2n) is 5.47. The minimum absolute atomic E-state index is 0.594. The van der Waals surface area contributed by atoms with E-state index in [0.717, 1.165) is 17.9 Å². The van der Waals surface area contributed by atoms with Gasteiger partial charge in [-0.1, -0.05) is 0 Å². The van der Waals surface area contributed by atoms with E-state index in [2.05, 4.69) is 30.1 Å². The lowest BCUT2D eigenvalue weighted by Crippen LogP contribution is -2.62. The third kappa shape index (κ3) is 2.21. The summed E-state index contributed by atoms with van der Waals surface area (Å²) < 4.78 is 0. The Hall–Kier alpha value is -1.79. The van der Waals surface area contributed by atoms with Crippen LogP contribution in [-0.4, -0.2) is 70.1 Å². The SMILES string of the molecule is c1cnc2nc(NCC3CN4CCN3CC4)ccc2n1. The summed E-state index contributed by atoms with van der Waals surface area (Å²) in [6.45, 7) is 6.95. The van der Waals surface area contributed by atoms with Crippen LogP contribution in [0, 0.1) is 0 Å². The van der Waals surface area contributed by atoms with Gasteiger partial charge >= 0.3 is 0 Å². The smallest absolute Gasteiger partial charge is 0.180 e. The number of piperazine rings is 3. The molecule has 6 heteroatoms. The van der Waals surface area contributed by atoms with Crippen LogP contribution in [0.15, 0.2) is 24.5 Å². The summed E-state index contributed by atoms with van der Waals surface area (Å²) in [5.74, 6) is 0.885. The standard InChI is InChI=1S/C14H18N6/c1-2-13(18-14-12(1)15-3-4-16-14)17-9-11-10-19-5-7-20(11)8-6-19/h1-4,11H,5-10H2,(H,16,17,18). The molecule has 5 rings (SSSR count). The molecule has 0 aliphatic carbocycles. The lowest BCUT2D eigenvalue weighted by atomic mass is 10.1. The van der Waals surface area contributed by atoms with Gasteiger partial charge in [0, 0.05) is 57.7 Å². The Kier molecular flexibility index (Phi) is 2.97. The lowest BCUT2D eigenvalue weighted by Gasteiger charge is -2.47. The molecule has 0 spiro atoms. The van der Waals surface area contributed by atoms with Crippen molar-refractivity contribution < 1.29 is 0 Å². The number of nitrogens with zero attached hydrogens (tertiary/aromatic N) is 5. The van der Waals surface area contributed by atoms with Crippen LogP contribution in [0.4, 0.5) is 5.82 Å². The van der Waals surface area contributed by atoms with Gasteiger partial charge in [-0.2, -0.15) is 0 Å². The monoisotopic (exact) mass is 270 g/mol. The topological polar surface area (TPSA) is 57.2 Å². The minimum atomic E-state index is 0.594. The number of hydrogen-bond acceptors (Lipinski definition) is 6. The fourth-order valence-corrected chi connectivity index (χ4v) is 3.09. The summed E-state index contributed by atoms with van der Waals surface area (Å²) in [4.78, 5) is 18.1. The van der Waals surface area contributed by atoms with Crippen molar-refractivity contribution in [2.45, 2.75) is 6.04 Å². The molecule has 1 unspecified atom stereocenters. The number of rotatable bonds is 3. The molecular formula is C14H18N6. The van der Waals surface area contributed by atoms with Gasteiger partial charge in [-0.25, -0.2) is 9.97 Å². The Morgan fingerprint density at radius 1 is 1.10 bits per heavy atom. The third-order valence-electron chi connectivity index (χ3n) is 4.24. The Morgan fingerprint density at radius 2 is 1.95 bits per heavy atom. The van der Waals surface area contributed by atoms with E-state index in [1.54, 1.807) is 12.4 Å². The van der Waals surface area contributed by atoms with Crippen molar-refractivity contribution in [2.24, 2.45) is 0 Å². The molecule has 0 saturated carbocycles. The zero-order chi connectivity index (χ0) is 13.4. The van der Waals surface area contributed by atoms with Gasteiger partial charge in [0.1, 0.15) is 11.3 Å². The first-order valence-corrected chi connectivity index (χ1v) is 7.16. The maximum Gasteiger partial charge on any atom is 0.180 e. The molecule has 0 amide bonds. The van der Waals surface area contributed by atoms with E-state index in [1.807, 2.05) is 12.1 Å². The predicted octanol–water partition coefficient (Wildman–Crippen LogP) is 0.436. The molecular weight excluding hydrogens is 252 g/mol. The van der Waals surface area contributed by atoms with Gasteiger partial charge in [0.25, 0.3) is 0 Å². The van der Waals surface area contributed by atoms with Gasteiger partial charge in [-0.3, -0.25) is 14.8 Å². The highest BCUT2D eigenvalue weighted by atomic mass is 15.3. The number of anilines is 1. The number of hydrogen-bond donors (Lipinski definition) is 1. The quantitative estimate of drug-likeness (QED) is 0.873. The summed E-state index contributed by atoms with van der Waals surface area (Å²) >= 11 is 0. The van der Waals surface area contributed by atoms with E-state index < -0.39 is 0 Å². The first-order valence-electron chi connectivity index (χ1n) is 7.16. The predicted molar refractivity (Wildman–Crippen MR) is 77.6 cm³/mol. The van der Waals surface area contributed by atoms with Crippen LogP contribution in [-0.2, 0) is 0 Å². The van der Waals surface area contributed by atoms with Gasteiger partial charge in [0.2, 0.25) is 0 Å². The molecule has 2 bridgehead atoms. The van der Waals surface area contributed by atoms with E-state index in [-0.39, 0.29) is 0 Å². The molecule has 5 heterocycles. The fraction of sp³-hybridized carbons (Fsp3) is 0.500. The van der Waals surface area contributed by atoms with Crippen LogP contribution < -0.4 is 5.32 Å². The van der Waals surface area contributed by atoms with Crippen molar-refractivity contribution in [3.8, 4) is 0 Å². The molecule has 1 atom stereocenters. The lowest BCUT2D eigenvalue weighted by molar-refractivity contribution is 0.0189. The molecule has 104 valence electrons. The van der Waals surface area contributed by atoms with Gasteiger partial charge in [-0.15, -0.1) is 0 Å². The van der Waals surface area contributed by atoms with Crippen molar-refractivity contribution >= 4 is 17.0 Å². The normalized spacial score (nSPS) is 28.7. The first-order chi connectivity index (χ1) is 9.88. The van der Waals surface area contributed by atoms with Gasteiger partial charge in [-0.05, 0) is 12.1 Å². The zero-order valence-corrected chi connectivity index (χ0v) is 11.4. The Bertz CT molecular complexity index is 607. The van der Waals surface area contributed by atoms with Crippen LogP contribution in [0.1, 0.15) is 0 Å². The van der Waals surface area contributed by atoms with Crippen LogP contribution >= 0.6 is 0 Å². The Labute approximate surface area is 117 Å². The highest BCUT2D eigenvalue weighted by molar-refractivity contribution is 5.71. The fourth-order valence-electron chi connectivity index (χ4n) is 3.09. The van der Waals surface area contributed by atoms with Crippen molar-refractivity contribution in [3.63, 3.8) is 0 Å². The number of aromatic nitrogens is 3. The van der Waals surface area contributed by atoms with E-state index in [9.17, 15) is 0 Å². The molecule has 2 aromatic rings. The molecule has 2 aromatic heterocycles. The molecule has 20 heavy (non-hydrogen) atoms. The third-order valence-corrected chi connectivity index (χ3v) is 4.24. The Morgan fingerprint density at radius 3 is 2.75 bits per heavy atom. The number of nitrogens with one attached hydrogen (secondary N) is 1. The second-order valence-corrected chi connectivity index (χ2v) is 5.47. The van der Waals surface area contributed by atoms with Gasteiger partial charge < -0.3 is 5.32 Å². The first kappa shape index (κ1) is 12.0. The molecule has 3 fully saturated rings. The van der Waals surface area contributed by atoms with Crippen molar-refractivity contribution in [3.05, 3.63) is 24.5 Å². The average molecular weight is 270 g/mol. The highest BCUT2D eigenvalue weighted by Gasteiger charge is 2.31. The van der Waals surface area contributed by atoms with Gasteiger partial charge in [0.15, 0.2) is 5.65 Å². The summed E-state index contributed by atoms with van der Waals surface area (Å²) in [7, 11) is 0. The number of pyridine rings is 1. The van der Waals surface area contributed by atoms with Crippen LogP contribution in [0.2, 0.25) is 0 Å². The van der Waals surface area contributed by atoms with E-state index in [1.165, 1.54) is 32.7 Å². The van der Waals surface area contributed by atoms with Crippen LogP contribution in [0.25, 0.3) is 11.2 Å². The molecule has 3 saturated heterocycles. The molecule has 3 aliphatic rings. The largest absolute Gasteiger partial charge is 0.368 e. The van der Waals surface area contributed by atoms with Crippen molar-refractivity contribution in [2.75, 3.05) is 44.6 Å². The molecule has 6 nitrogen and oxygen atoms in total. The van der Waals surface area contributed by atoms with E-state index >= 15 is 0 Å². The van der Waals surface area contributed by atoms with Gasteiger partial charge in [0.05, 0.1) is 0 Å². The molecule has 1 N–H and O–H groups in total. The Balaban J connectivity index is 1.45. The van der Waals surface area contributed by atoms with E-state index in [4.69, 9.17) is 0 Å². The average Bonchev–Trinajstić information content (AvgIpc) is 2.54. The summed E-state index contributed by atoms with van der Waals surface area (Å²) in [5, 5.41) is 3.44. The van der Waals surface area contributed by atoms with E-state index in [0.29, 0.717) is 11.7 Å². The molecule has 3 aliphatic heterocycles. The summed E-state index contributed by atoms with van der Waals surface area (Å²) in [5.41, 5.74) is 1.54. The highest BCUT2D eigenvalue weighted by Crippen LogP contribution is 2.16. The molecule has 0 aromatic carbocycles. The van der Waals surface area contributed by atoms with Crippen molar-refractivity contribution in [1.29, 1.82) is 0 Å². The zero-order valence-electron chi connectivity index (χ0n) is 11.4. The van der Waals surface area contributed by atoms with Crippen molar-refractivity contribution in [1.82, 2.24) is 24.8 Å². The number of fused-ring (bicyclic) bond motifs is 4. The summed E-state index contributed by atoms with van der Waals surface area (Å²) in [6, 6.07) is 4.54. The maximum absolute atomic E-state index is 4.50. The minimum Gasteiger partial charge on any atom is -0.368 e. The summed E-state index contributed by atoms with van der Waals surface area (Å²) in [6.07, 6.45) is 3.37. The van der Waals surface area contributed by atoms with Crippen LogP contribution in [0.3, 0.4) is 0 Å². The van der Waals surface area contributed by atoms with Crippen LogP contribution in [0.5, 0.6) is 0 Å².